The predicted molar refractivity (Wildman–Crippen MR) is 96.7 cm³/mol. The van der Waals surface area contributed by atoms with E-state index in [9.17, 15) is 13.2 Å². The number of primary sulfonamides is 1. The number of carbonyl (C=O) groups is 1. The second kappa shape index (κ2) is 6.43. The molecule has 0 saturated heterocycles. The Morgan fingerprint density at radius 3 is 2.68 bits per heavy atom. The third kappa shape index (κ3) is 3.63. The smallest absolute Gasteiger partial charge is 0.259 e. The van der Waals surface area contributed by atoms with Crippen molar-refractivity contribution in [2.45, 2.75) is 11.8 Å². The molecule has 0 aliphatic carbocycles. The second-order valence-electron chi connectivity index (χ2n) is 5.28. The average molecular weight is 377 g/mol. The second-order valence-corrected chi connectivity index (χ2v) is 8.07. The van der Waals surface area contributed by atoms with Crippen LogP contribution in [0.5, 0.6) is 5.75 Å². The normalized spacial score (nSPS) is 11.5. The van der Waals surface area contributed by atoms with Crippen LogP contribution in [-0.4, -0.2) is 26.4 Å². The number of benzene rings is 2. The highest BCUT2D eigenvalue weighted by molar-refractivity contribution is 7.89. The van der Waals surface area contributed by atoms with E-state index in [1.54, 1.807) is 6.07 Å². The number of amides is 1. The van der Waals surface area contributed by atoms with Gasteiger partial charge in [0.15, 0.2) is 0 Å². The lowest BCUT2D eigenvalue weighted by atomic mass is 10.2. The van der Waals surface area contributed by atoms with Gasteiger partial charge in [-0.25, -0.2) is 18.5 Å². The SMILES string of the molecule is COc1ccc(S(N)(=O)=O)cc1C(=O)Nc1ccc2nc(C)sc2c1. The van der Waals surface area contributed by atoms with Crippen LogP contribution in [0.3, 0.4) is 0 Å². The van der Waals surface area contributed by atoms with E-state index < -0.39 is 15.9 Å². The molecule has 1 heterocycles. The molecule has 0 bridgehead atoms. The number of thiazole rings is 1. The van der Waals surface area contributed by atoms with Crippen LogP contribution < -0.4 is 15.2 Å². The molecular weight excluding hydrogens is 362 g/mol. The number of rotatable bonds is 4. The minimum atomic E-state index is -3.92. The van der Waals surface area contributed by atoms with E-state index >= 15 is 0 Å². The summed E-state index contributed by atoms with van der Waals surface area (Å²) in [7, 11) is -2.53. The Morgan fingerprint density at radius 2 is 2.00 bits per heavy atom. The number of nitrogens with zero attached hydrogens (tertiary/aromatic N) is 1. The fraction of sp³-hybridized carbons (Fsp3) is 0.125. The van der Waals surface area contributed by atoms with Gasteiger partial charge in [0.25, 0.3) is 5.91 Å². The lowest BCUT2D eigenvalue weighted by molar-refractivity contribution is 0.102. The van der Waals surface area contributed by atoms with Gasteiger partial charge >= 0.3 is 0 Å². The van der Waals surface area contributed by atoms with E-state index in [4.69, 9.17) is 9.88 Å². The Bertz CT molecular complexity index is 1070. The van der Waals surface area contributed by atoms with Gasteiger partial charge in [-0.2, -0.15) is 0 Å². The zero-order valence-electron chi connectivity index (χ0n) is 13.4. The summed E-state index contributed by atoms with van der Waals surface area (Å²) in [6, 6.07) is 9.23. The third-order valence-electron chi connectivity index (χ3n) is 3.50. The van der Waals surface area contributed by atoms with Gasteiger partial charge in [-0.05, 0) is 43.3 Å². The molecule has 0 aliphatic heterocycles. The van der Waals surface area contributed by atoms with E-state index in [1.807, 2.05) is 19.1 Å². The highest BCUT2D eigenvalue weighted by Gasteiger charge is 2.17. The van der Waals surface area contributed by atoms with Crippen molar-refractivity contribution in [3.8, 4) is 5.75 Å². The highest BCUT2D eigenvalue weighted by atomic mass is 32.2. The number of aryl methyl sites for hydroxylation is 1. The first kappa shape index (κ1) is 17.3. The number of ether oxygens (including phenoxy) is 1. The number of hydrogen-bond acceptors (Lipinski definition) is 6. The molecule has 0 fully saturated rings. The van der Waals surface area contributed by atoms with E-state index in [-0.39, 0.29) is 16.2 Å². The fourth-order valence-corrected chi connectivity index (χ4v) is 3.76. The van der Waals surface area contributed by atoms with E-state index in [0.717, 1.165) is 15.2 Å². The van der Waals surface area contributed by atoms with E-state index in [1.165, 1.54) is 36.6 Å². The summed E-state index contributed by atoms with van der Waals surface area (Å²) >= 11 is 1.52. The van der Waals surface area contributed by atoms with Gasteiger partial charge in [-0.1, -0.05) is 0 Å². The van der Waals surface area contributed by atoms with Gasteiger partial charge in [-0.3, -0.25) is 4.79 Å². The van der Waals surface area contributed by atoms with Crippen LogP contribution in [0.1, 0.15) is 15.4 Å². The van der Waals surface area contributed by atoms with Crippen LogP contribution in [0.15, 0.2) is 41.3 Å². The Hall–Kier alpha value is -2.49. The summed E-state index contributed by atoms with van der Waals surface area (Å²) in [5.74, 6) is -0.248. The number of aromatic nitrogens is 1. The Labute approximate surface area is 148 Å². The van der Waals surface area contributed by atoms with Crippen molar-refractivity contribution in [1.29, 1.82) is 0 Å². The maximum atomic E-state index is 12.6. The molecule has 0 radical (unpaired) electrons. The van der Waals surface area contributed by atoms with Crippen molar-refractivity contribution in [3.05, 3.63) is 47.0 Å². The molecule has 3 rings (SSSR count). The molecule has 2 aromatic carbocycles. The number of nitrogens with one attached hydrogen (secondary N) is 1. The van der Waals surface area contributed by atoms with Gasteiger partial charge in [0.05, 0.1) is 32.8 Å². The zero-order chi connectivity index (χ0) is 18.2. The molecule has 1 aromatic heterocycles. The molecule has 0 atom stereocenters. The van der Waals surface area contributed by atoms with Crippen LogP contribution in [0, 0.1) is 6.92 Å². The highest BCUT2D eigenvalue weighted by Crippen LogP contribution is 2.27. The van der Waals surface area contributed by atoms with Crippen molar-refractivity contribution in [1.82, 2.24) is 4.98 Å². The summed E-state index contributed by atoms with van der Waals surface area (Å²) in [6.45, 7) is 1.91. The standard InChI is InChI=1S/C16H15N3O4S2/c1-9-18-13-5-3-10(7-15(13)24-9)19-16(20)12-8-11(25(17,21)22)4-6-14(12)23-2/h3-8H,1-2H3,(H,19,20)(H2,17,21,22). The van der Waals surface area contributed by atoms with Crippen LogP contribution in [0.2, 0.25) is 0 Å². The number of methoxy groups -OCH3 is 1. The van der Waals surface area contributed by atoms with Crippen molar-refractivity contribution in [2.24, 2.45) is 5.14 Å². The third-order valence-corrected chi connectivity index (χ3v) is 5.34. The summed E-state index contributed by atoms with van der Waals surface area (Å²) in [5, 5.41) is 8.80. The number of carbonyl (C=O) groups excluding carboxylic acids is 1. The van der Waals surface area contributed by atoms with Gasteiger partial charge < -0.3 is 10.1 Å². The maximum absolute atomic E-state index is 12.6. The summed E-state index contributed by atoms with van der Waals surface area (Å²) in [5.41, 5.74) is 1.51. The molecule has 0 spiro atoms. The molecule has 0 aliphatic rings. The largest absolute Gasteiger partial charge is 0.496 e. The molecule has 25 heavy (non-hydrogen) atoms. The average Bonchev–Trinajstić information content (AvgIpc) is 2.92. The van der Waals surface area contributed by atoms with Crippen molar-refractivity contribution < 1.29 is 17.9 Å². The summed E-state index contributed by atoms with van der Waals surface area (Å²) in [4.78, 5) is 16.8. The monoisotopic (exact) mass is 377 g/mol. The Balaban J connectivity index is 1.96. The lowest BCUT2D eigenvalue weighted by Crippen LogP contribution is -2.16. The summed E-state index contributed by atoms with van der Waals surface area (Å²) < 4.78 is 29.1. The first-order valence-corrected chi connectivity index (χ1v) is 9.53. The van der Waals surface area contributed by atoms with Gasteiger partial charge in [-0.15, -0.1) is 11.3 Å². The Morgan fingerprint density at radius 1 is 1.24 bits per heavy atom. The van der Waals surface area contributed by atoms with Crippen LogP contribution in [0.25, 0.3) is 10.2 Å². The molecule has 7 nitrogen and oxygen atoms in total. The molecule has 3 aromatic rings. The van der Waals surface area contributed by atoms with Crippen molar-refractivity contribution in [3.63, 3.8) is 0 Å². The van der Waals surface area contributed by atoms with Crippen molar-refractivity contribution in [2.75, 3.05) is 12.4 Å². The molecule has 3 N–H and O–H groups in total. The molecule has 9 heteroatoms. The van der Waals surface area contributed by atoms with E-state index in [0.29, 0.717) is 5.69 Å². The van der Waals surface area contributed by atoms with Gasteiger partial charge in [0, 0.05) is 5.69 Å². The molecule has 0 saturated carbocycles. The topological polar surface area (TPSA) is 111 Å². The number of hydrogen-bond donors (Lipinski definition) is 2. The van der Waals surface area contributed by atoms with Gasteiger partial charge in [0.2, 0.25) is 10.0 Å². The minimum Gasteiger partial charge on any atom is -0.496 e. The number of anilines is 1. The van der Waals surface area contributed by atoms with Crippen molar-refractivity contribution >= 4 is 43.2 Å². The fourth-order valence-electron chi connectivity index (χ4n) is 2.36. The number of nitrogens with two attached hydrogens (primary N) is 1. The van der Waals surface area contributed by atoms with Crippen LogP contribution in [-0.2, 0) is 10.0 Å². The van der Waals surface area contributed by atoms with Crippen LogP contribution in [0.4, 0.5) is 5.69 Å². The van der Waals surface area contributed by atoms with Gasteiger partial charge in [0.1, 0.15) is 5.75 Å². The molecule has 130 valence electrons. The first-order valence-electron chi connectivity index (χ1n) is 7.17. The van der Waals surface area contributed by atoms with E-state index in [2.05, 4.69) is 10.3 Å². The summed E-state index contributed by atoms with van der Waals surface area (Å²) in [6.07, 6.45) is 0. The zero-order valence-corrected chi connectivity index (χ0v) is 15.1. The lowest BCUT2D eigenvalue weighted by Gasteiger charge is -2.11. The minimum absolute atomic E-state index is 0.0783. The molecular formula is C16H15N3O4S2. The van der Waals surface area contributed by atoms with Crippen LogP contribution >= 0.6 is 11.3 Å². The predicted octanol–water partition coefficient (Wildman–Crippen LogP) is 2.51. The Kier molecular flexibility index (Phi) is 4.46. The quantitative estimate of drug-likeness (QED) is 0.726. The number of fused-ring (bicyclic) bond motifs is 1. The first-order chi connectivity index (χ1) is 11.8. The molecule has 1 amide bonds. The molecule has 0 unspecified atom stereocenters. The maximum Gasteiger partial charge on any atom is 0.259 e. The number of sulfonamides is 1.